The van der Waals surface area contributed by atoms with Crippen LogP contribution < -0.4 is 5.32 Å². The second kappa shape index (κ2) is 7.14. The summed E-state index contributed by atoms with van der Waals surface area (Å²) in [6, 6.07) is 4.71. The molecule has 19 heavy (non-hydrogen) atoms. The molecule has 4 nitrogen and oxygen atoms in total. The lowest BCUT2D eigenvalue weighted by molar-refractivity contribution is 0.0816. The molecule has 0 fully saturated rings. The fourth-order valence-corrected chi connectivity index (χ4v) is 2.10. The molecule has 106 valence electrons. The van der Waals surface area contributed by atoms with Gasteiger partial charge < -0.3 is 15.5 Å². The van der Waals surface area contributed by atoms with Gasteiger partial charge in [0.25, 0.3) is 5.91 Å². The first-order valence-electron chi connectivity index (χ1n) is 6.75. The van der Waals surface area contributed by atoms with Gasteiger partial charge in [-0.1, -0.05) is 26.7 Å². The summed E-state index contributed by atoms with van der Waals surface area (Å²) in [5.74, 6) is 0.156. The van der Waals surface area contributed by atoms with Gasteiger partial charge in [-0.2, -0.15) is 0 Å². The molecule has 0 saturated carbocycles. The van der Waals surface area contributed by atoms with Gasteiger partial charge in [-0.3, -0.25) is 4.79 Å². The van der Waals surface area contributed by atoms with E-state index in [9.17, 15) is 15.0 Å². The van der Waals surface area contributed by atoms with Gasteiger partial charge in [-0.15, -0.1) is 0 Å². The van der Waals surface area contributed by atoms with Gasteiger partial charge in [-0.05, 0) is 36.6 Å². The Hall–Kier alpha value is -1.55. The minimum atomic E-state index is -0.517. The Kier molecular flexibility index (Phi) is 5.83. The van der Waals surface area contributed by atoms with Crippen molar-refractivity contribution in [1.82, 2.24) is 5.32 Å². The van der Waals surface area contributed by atoms with Gasteiger partial charge in [0.15, 0.2) is 0 Å². The van der Waals surface area contributed by atoms with Crippen LogP contribution in [0, 0.1) is 12.8 Å². The maximum Gasteiger partial charge on any atom is 0.251 e. The highest BCUT2D eigenvalue weighted by Crippen LogP contribution is 2.17. The number of hydrogen-bond donors (Lipinski definition) is 3. The summed E-state index contributed by atoms with van der Waals surface area (Å²) in [4.78, 5) is 11.9. The highest BCUT2D eigenvalue weighted by molar-refractivity contribution is 5.94. The van der Waals surface area contributed by atoms with Crippen LogP contribution in [-0.4, -0.2) is 28.8 Å². The highest BCUT2D eigenvalue weighted by Gasteiger charge is 2.16. The van der Waals surface area contributed by atoms with Crippen LogP contribution in [0.5, 0.6) is 5.75 Å². The standard InChI is InChI=1S/C15H23NO3/c1-4-11(5-2)14(18)9-16-15(19)12-6-7-13(17)10(3)8-12/h6-8,11,14,17-18H,4-5,9H2,1-3H3,(H,16,19). The molecule has 0 aliphatic rings. The third kappa shape index (κ3) is 4.24. The number of rotatable bonds is 6. The zero-order valence-corrected chi connectivity index (χ0v) is 11.8. The van der Waals surface area contributed by atoms with Gasteiger partial charge in [0.05, 0.1) is 6.10 Å². The molecule has 0 spiro atoms. The summed E-state index contributed by atoms with van der Waals surface area (Å²) in [6.45, 7) is 6.06. The molecule has 1 atom stereocenters. The number of aliphatic hydroxyl groups is 1. The number of nitrogens with one attached hydrogen (secondary N) is 1. The van der Waals surface area contributed by atoms with Gasteiger partial charge in [0.1, 0.15) is 5.75 Å². The van der Waals surface area contributed by atoms with Gasteiger partial charge in [-0.25, -0.2) is 0 Å². The predicted octanol–water partition coefficient (Wildman–Crippen LogP) is 2.23. The molecule has 1 rings (SSSR count). The van der Waals surface area contributed by atoms with Crippen molar-refractivity contribution in [2.75, 3.05) is 6.54 Å². The second-order valence-electron chi connectivity index (χ2n) is 4.86. The van der Waals surface area contributed by atoms with E-state index in [1.54, 1.807) is 19.1 Å². The van der Waals surface area contributed by atoms with Crippen LogP contribution in [0.3, 0.4) is 0 Å². The zero-order chi connectivity index (χ0) is 14.4. The highest BCUT2D eigenvalue weighted by atomic mass is 16.3. The van der Waals surface area contributed by atoms with E-state index in [4.69, 9.17) is 0 Å². The predicted molar refractivity (Wildman–Crippen MR) is 75.3 cm³/mol. The molecule has 1 unspecified atom stereocenters. The Bertz CT molecular complexity index is 427. The summed E-state index contributed by atoms with van der Waals surface area (Å²) in [6.07, 6.45) is 1.27. The van der Waals surface area contributed by atoms with Crippen LogP contribution in [0.25, 0.3) is 0 Å². The molecule has 1 aromatic rings. The number of aryl methyl sites for hydroxylation is 1. The molecule has 3 N–H and O–H groups in total. The topological polar surface area (TPSA) is 69.6 Å². The lowest BCUT2D eigenvalue weighted by Crippen LogP contribution is -2.36. The normalized spacial score (nSPS) is 12.5. The number of aromatic hydroxyl groups is 1. The maximum absolute atomic E-state index is 11.9. The van der Waals surface area contributed by atoms with Crippen LogP contribution in [0.4, 0.5) is 0 Å². The Morgan fingerprint density at radius 1 is 1.32 bits per heavy atom. The summed E-state index contributed by atoms with van der Waals surface area (Å²) < 4.78 is 0. The van der Waals surface area contributed by atoms with Crippen molar-refractivity contribution >= 4 is 5.91 Å². The van der Waals surface area contributed by atoms with Crippen molar-refractivity contribution in [2.24, 2.45) is 5.92 Å². The third-order valence-corrected chi connectivity index (χ3v) is 3.52. The molecule has 0 aromatic heterocycles. The van der Waals surface area contributed by atoms with Crippen LogP contribution >= 0.6 is 0 Å². The molecular weight excluding hydrogens is 242 g/mol. The molecule has 0 radical (unpaired) electrons. The molecule has 4 heteroatoms. The molecule has 0 saturated heterocycles. The van der Waals surface area contributed by atoms with E-state index >= 15 is 0 Å². The lowest BCUT2D eigenvalue weighted by Gasteiger charge is -2.20. The van der Waals surface area contributed by atoms with Crippen molar-refractivity contribution in [1.29, 1.82) is 0 Å². The summed E-state index contributed by atoms with van der Waals surface area (Å²) in [7, 11) is 0. The second-order valence-corrected chi connectivity index (χ2v) is 4.86. The van der Waals surface area contributed by atoms with E-state index in [0.29, 0.717) is 11.1 Å². The van der Waals surface area contributed by atoms with Gasteiger partial charge >= 0.3 is 0 Å². The van der Waals surface area contributed by atoms with E-state index in [-0.39, 0.29) is 24.1 Å². The Labute approximate surface area is 114 Å². The lowest BCUT2D eigenvalue weighted by atomic mass is 9.96. The molecule has 0 heterocycles. The molecular formula is C15H23NO3. The average Bonchev–Trinajstić information content (AvgIpc) is 2.40. The van der Waals surface area contributed by atoms with E-state index in [1.807, 2.05) is 13.8 Å². The fourth-order valence-electron chi connectivity index (χ4n) is 2.10. The van der Waals surface area contributed by atoms with E-state index in [2.05, 4.69) is 5.32 Å². The first-order valence-corrected chi connectivity index (χ1v) is 6.75. The number of aliphatic hydroxyl groups excluding tert-OH is 1. The monoisotopic (exact) mass is 265 g/mol. The number of carbonyl (C=O) groups is 1. The molecule has 0 bridgehead atoms. The van der Waals surface area contributed by atoms with Crippen molar-refractivity contribution in [3.63, 3.8) is 0 Å². The van der Waals surface area contributed by atoms with Crippen LogP contribution in [0.15, 0.2) is 18.2 Å². The fraction of sp³-hybridized carbons (Fsp3) is 0.533. The van der Waals surface area contributed by atoms with E-state index in [1.165, 1.54) is 6.07 Å². The van der Waals surface area contributed by atoms with Crippen molar-refractivity contribution in [2.45, 2.75) is 39.7 Å². The SMILES string of the molecule is CCC(CC)C(O)CNC(=O)c1ccc(O)c(C)c1. The first kappa shape index (κ1) is 15.5. The number of hydrogen-bond acceptors (Lipinski definition) is 3. The quantitative estimate of drug-likeness (QED) is 0.738. The summed E-state index contributed by atoms with van der Waals surface area (Å²) >= 11 is 0. The average molecular weight is 265 g/mol. The Balaban J connectivity index is 2.58. The van der Waals surface area contributed by atoms with Crippen LogP contribution in [0.1, 0.15) is 42.6 Å². The number of benzene rings is 1. The Morgan fingerprint density at radius 2 is 1.95 bits per heavy atom. The molecule has 0 aliphatic heterocycles. The zero-order valence-electron chi connectivity index (χ0n) is 11.8. The van der Waals surface area contributed by atoms with Crippen molar-refractivity contribution in [3.8, 4) is 5.75 Å². The number of amides is 1. The van der Waals surface area contributed by atoms with E-state index in [0.717, 1.165) is 12.8 Å². The van der Waals surface area contributed by atoms with Crippen molar-refractivity contribution < 1.29 is 15.0 Å². The largest absolute Gasteiger partial charge is 0.508 e. The smallest absolute Gasteiger partial charge is 0.251 e. The first-order chi connectivity index (χ1) is 8.99. The molecule has 0 aliphatic carbocycles. The number of phenols is 1. The van der Waals surface area contributed by atoms with Crippen molar-refractivity contribution in [3.05, 3.63) is 29.3 Å². The number of phenolic OH excluding ortho intramolecular Hbond substituents is 1. The molecule has 1 aromatic carbocycles. The summed E-state index contributed by atoms with van der Waals surface area (Å²) in [5, 5.41) is 22.1. The van der Waals surface area contributed by atoms with Gasteiger partial charge in [0.2, 0.25) is 0 Å². The van der Waals surface area contributed by atoms with Gasteiger partial charge in [0, 0.05) is 12.1 Å². The minimum Gasteiger partial charge on any atom is -0.508 e. The minimum absolute atomic E-state index is 0.175. The molecule has 1 amide bonds. The van der Waals surface area contributed by atoms with E-state index < -0.39 is 6.10 Å². The van der Waals surface area contributed by atoms with Crippen LogP contribution in [0.2, 0.25) is 0 Å². The third-order valence-electron chi connectivity index (χ3n) is 3.52. The Morgan fingerprint density at radius 3 is 2.47 bits per heavy atom. The van der Waals surface area contributed by atoms with Crippen LogP contribution in [-0.2, 0) is 0 Å². The summed E-state index contributed by atoms with van der Waals surface area (Å²) in [5.41, 5.74) is 1.15. The number of carbonyl (C=O) groups excluding carboxylic acids is 1. The maximum atomic E-state index is 11.9.